The number of hydrogen-bond donors (Lipinski definition) is 0. The lowest BCUT2D eigenvalue weighted by Gasteiger charge is -2.14. The van der Waals surface area contributed by atoms with Gasteiger partial charge in [0.25, 0.3) is 5.56 Å². The lowest BCUT2D eigenvalue weighted by molar-refractivity contribution is 0.601. The van der Waals surface area contributed by atoms with Crippen molar-refractivity contribution in [3.8, 4) is 22.8 Å². The molecule has 6 nitrogen and oxygen atoms in total. The molecule has 0 fully saturated rings. The van der Waals surface area contributed by atoms with Crippen LogP contribution in [0.2, 0.25) is 5.02 Å². The Kier molecular flexibility index (Phi) is 5.30. The summed E-state index contributed by atoms with van der Waals surface area (Å²) in [6.07, 6.45) is 3.17. The number of hydrogen-bond acceptors (Lipinski definition) is 4. The van der Waals surface area contributed by atoms with Gasteiger partial charge in [0.05, 0.1) is 17.6 Å². The van der Waals surface area contributed by atoms with Gasteiger partial charge in [-0.1, -0.05) is 29.8 Å². The summed E-state index contributed by atoms with van der Waals surface area (Å²) in [7, 11) is 0. The molecule has 32 heavy (non-hydrogen) atoms. The molecular formula is C24H17ClN4O2S. The summed E-state index contributed by atoms with van der Waals surface area (Å²) in [6.45, 7) is 0. The summed E-state index contributed by atoms with van der Waals surface area (Å²) in [4.78, 5) is 19.2. The smallest absolute Gasteiger partial charge is 0.269 e. The van der Waals surface area contributed by atoms with Gasteiger partial charge in [-0.15, -0.1) is 0 Å². The fourth-order valence-electron chi connectivity index (χ4n) is 3.54. The van der Waals surface area contributed by atoms with Gasteiger partial charge >= 0.3 is 0 Å². The van der Waals surface area contributed by atoms with Crippen molar-refractivity contribution in [1.29, 1.82) is 0 Å². The van der Waals surface area contributed by atoms with Crippen LogP contribution in [0, 0.1) is 0 Å². The maximum Gasteiger partial charge on any atom is 0.269 e. The molecule has 3 aromatic carbocycles. The Morgan fingerprint density at radius 3 is 2.25 bits per heavy atom. The zero-order valence-corrected chi connectivity index (χ0v) is 18.5. The largest absolute Gasteiger partial charge is 0.612 e. The van der Waals surface area contributed by atoms with Crippen molar-refractivity contribution in [3.63, 3.8) is 0 Å². The summed E-state index contributed by atoms with van der Waals surface area (Å²) in [5, 5.41) is 5.40. The molecule has 1 atom stereocenters. The second-order valence-electron chi connectivity index (χ2n) is 7.16. The Bertz CT molecular complexity index is 1460. The molecule has 0 aliphatic carbocycles. The van der Waals surface area contributed by atoms with E-state index in [1.807, 2.05) is 42.5 Å². The molecular weight excluding hydrogens is 444 g/mol. The van der Waals surface area contributed by atoms with Crippen LogP contribution in [0.5, 0.6) is 0 Å². The molecule has 0 radical (unpaired) electrons. The lowest BCUT2D eigenvalue weighted by atomic mass is 10.2. The highest BCUT2D eigenvalue weighted by Crippen LogP contribution is 2.25. The molecule has 5 rings (SSSR count). The molecule has 0 aliphatic rings. The van der Waals surface area contributed by atoms with E-state index in [1.165, 1.54) is 6.20 Å². The van der Waals surface area contributed by atoms with Crippen LogP contribution in [0.4, 0.5) is 0 Å². The van der Waals surface area contributed by atoms with Gasteiger partial charge in [0.2, 0.25) is 0 Å². The fourth-order valence-corrected chi connectivity index (χ4v) is 4.19. The van der Waals surface area contributed by atoms with Crippen LogP contribution in [-0.4, -0.2) is 30.1 Å². The minimum Gasteiger partial charge on any atom is -0.612 e. The SMILES string of the molecule is C[S+]([O-])c1ccc(-c2nc3c(cnn3-c3ccccc3)c(=O)n2-c2ccc(Cl)cc2)cc1. The number of halogens is 1. The van der Waals surface area contributed by atoms with Crippen molar-refractivity contribution >= 4 is 33.8 Å². The van der Waals surface area contributed by atoms with E-state index >= 15 is 0 Å². The highest BCUT2D eigenvalue weighted by molar-refractivity contribution is 7.90. The third-order valence-electron chi connectivity index (χ3n) is 5.13. The van der Waals surface area contributed by atoms with E-state index < -0.39 is 11.2 Å². The Morgan fingerprint density at radius 1 is 0.906 bits per heavy atom. The third-order valence-corrected chi connectivity index (χ3v) is 6.32. The van der Waals surface area contributed by atoms with Gasteiger partial charge in [0, 0.05) is 10.6 Å². The van der Waals surface area contributed by atoms with Gasteiger partial charge in [0.1, 0.15) is 17.5 Å². The predicted molar refractivity (Wildman–Crippen MR) is 127 cm³/mol. The Hall–Kier alpha value is -3.39. The van der Waals surface area contributed by atoms with Gasteiger partial charge < -0.3 is 4.55 Å². The van der Waals surface area contributed by atoms with Crippen LogP contribution in [0.3, 0.4) is 0 Å². The van der Waals surface area contributed by atoms with Crippen LogP contribution in [0.1, 0.15) is 0 Å². The van der Waals surface area contributed by atoms with Crippen molar-refractivity contribution < 1.29 is 4.55 Å². The summed E-state index contributed by atoms with van der Waals surface area (Å²) >= 11 is 4.96. The van der Waals surface area contributed by atoms with E-state index in [2.05, 4.69) is 5.10 Å². The zero-order valence-electron chi connectivity index (χ0n) is 17.0. The molecule has 0 spiro atoms. The second-order valence-corrected chi connectivity index (χ2v) is 8.98. The molecule has 8 heteroatoms. The maximum absolute atomic E-state index is 13.6. The first-order valence-electron chi connectivity index (χ1n) is 9.79. The third kappa shape index (κ3) is 3.60. The number of nitrogens with zero attached hydrogens (tertiary/aromatic N) is 4. The highest BCUT2D eigenvalue weighted by Gasteiger charge is 2.19. The van der Waals surface area contributed by atoms with E-state index in [0.717, 1.165) is 5.69 Å². The molecule has 5 aromatic rings. The van der Waals surface area contributed by atoms with Gasteiger partial charge in [-0.2, -0.15) is 5.10 Å². The average molecular weight is 461 g/mol. The van der Waals surface area contributed by atoms with E-state index in [4.69, 9.17) is 16.6 Å². The lowest BCUT2D eigenvalue weighted by Crippen LogP contribution is -2.22. The van der Waals surface area contributed by atoms with Gasteiger partial charge in [0.15, 0.2) is 10.5 Å². The Balaban J connectivity index is 1.81. The molecule has 2 heterocycles. The first kappa shape index (κ1) is 20.5. The number of aromatic nitrogens is 4. The van der Waals surface area contributed by atoms with E-state index in [-0.39, 0.29) is 5.56 Å². The Morgan fingerprint density at radius 2 is 1.59 bits per heavy atom. The highest BCUT2D eigenvalue weighted by atomic mass is 35.5. The van der Waals surface area contributed by atoms with Gasteiger partial charge in [-0.3, -0.25) is 9.36 Å². The first-order chi connectivity index (χ1) is 15.5. The van der Waals surface area contributed by atoms with Crippen molar-refractivity contribution in [1.82, 2.24) is 19.3 Å². The van der Waals surface area contributed by atoms with Crippen LogP contribution in [0.25, 0.3) is 33.8 Å². The van der Waals surface area contributed by atoms with Crippen LogP contribution in [-0.2, 0) is 11.2 Å². The van der Waals surface area contributed by atoms with Gasteiger partial charge in [-0.05, 0) is 71.8 Å². The van der Waals surface area contributed by atoms with E-state index in [9.17, 15) is 9.35 Å². The summed E-state index contributed by atoms with van der Waals surface area (Å²) in [5.74, 6) is 0.455. The molecule has 0 saturated heterocycles. The molecule has 2 aromatic heterocycles. The number of rotatable bonds is 4. The molecule has 0 saturated carbocycles. The maximum atomic E-state index is 13.6. The van der Waals surface area contributed by atoms with Crippen molar-refractivity contribution in [2.24, 2.45) is 0 Å². The summed E-state index contributed by atoms with van der Waals surface area (Å²) in [6, 6.07) is 23.8. The molecule has 0 N–H and O–H groups in total. The predicted octanol–water partition coefficient (Wildman–Crippen LogP) is 4.63. The van der Waals surface area contributed by atoms with Crippen molar-refractivity contribution in [2.75, 3.05) is 6.26 Å². The minimum absolute atomic E-state index is 0.238. The first-order valence-corrected chi connectivity index (χ1v) is 11.7. The van der Waals surface area contributed by atoms with E-state index in [0.29, 0.717) is 38.0 Å². The quantitative estimate of drug-likeness (QED) is 0.366. The number of benzene rings is 3. The standard InChI is InChI=1S/C24H17ClN4O2S/c1-32(31)20-13-7-16(8-14-20)22-27-23-21(15-26-29(23)19-5-3-2-4-6-19)24(30)28(22)18-11-9-17(25)10-12-18/h2-15H,1H3. The second kappa shape index (κ2) is 8.27. The van der Waals surface area contributed by atoms with Crippen molar-refractivity contribution in [3.05, 3.63) is 100 Å². The molecule has 0 aliphatic heterocycles. The van der Waals surface area contributed by atoms with E-state index in [1.54, 1.807) is 51.9 Å². The molecule has 1 unspecified atom stereocenters. The van der Waals surface area contributed by atoms with Gasteiger partial charge in [-0.25, -0.2) is 9.67 Å². The van der Waals surface area contributed by atoms with Crippen LogP contribution in [0.15, 0.2) is 94.7 Å². The number of para-hydroxylation sites is 1. The molecule has 158 valence electrons. The summed E-state index contributed by atoms with van der Waals surface area (Å²) < 4.78 is 15.0. The topological polar surface area (TPSA) is 75.8 Å². The van der Waals surface area contributed by atoms with Crippen LogP contribution >= 0.6 is 11.6 Å². The molecule has 0 amide bonds. The van der Waals surface area contributed by atoms with Crippen molar-refractivity contribution in [2.45, 2.75) is 4.90 Å². The average Bonchev–Trinajstić information content (AvgIpc) is 3.25. The normalized spacial score (nSPS) is 12.2. The zero-order chi connectivity index (χ0) is 22.2. The fraction of sp³-hybridized carbons (Fsp3) is 0.0417. The van der Waals surface area contributed by atoms with Crippen LogP contribution < -0.4 is 5.56 Å². The summed E-state index contributed by atoms with van der Waals surface area (Å²) in [5.41, 5.74) is 2.39. The Labute approximate surface area is 191 Å². The monoisotopic (exact) mass is 460 g/mol. The number of fused-ring (bicyclic) bond motifs is 1. The minimum atomic E-state index is -1.10. The molecule has 0 bridgehead atoms.